The Hall–Kier alpha value is -2.12. The summed E-state index contributed by atoms with van der Waals surface area (Å²) < 4.78 is 0. The van der Waals surface area contributed by atoms with Gasteiger partial charge in [-0.05, 0) is 12.8 Å². The fourth-order valence-electron chi connectivity index (χ4n) is 3.19. The molecule has 0 saturated carbocycles. The van der Waals surface area contributed by atoms with Crippen molar-refractivity contribution in [3.63, 3.8) is 0 Å². The van der Waals surface area contributed by atoms with Gasteiger partial charge in [0, 0.05) is 52.4 Å². The molecule has 6 heterocycles. The average molecular weight is 308 g/mol. The van der Waals surface area contributed by atoms with Gasteiger partial charge >= 0.3 is 23.6 Å². The summed E-state index contributed by atoms with van der Waals surface area (Å²) in [6.45, 7) is 3.95. The van der Waals surface area contributed by atoms with E-state index in [-0.39, 0.29) is 0 Å². The van der Waals surface area contributed by atoms with Gasteiger partial charge in [-0.1, -0.05) is 0 Å². The van der Waals surface area contributed by atoms with Crippen molar-refractivity contribution in [3.8, 4) is 0 Å². The van der Waals surface area contributed by atoms with E-state index in [4.69, 9.17) is 0 Å². The van der Waals surface area contributed by atoms with E-state index in [1.54, 1.807) is 19.6 Å². The molecule has 0 aromatic heterocycles. The molecule has 6 saturated heterocycles. The smallest absolute Gasteiger partial charge is 0.312 e. The molecule has 0 aromatic carbocycles. The van der Waals surface area contributed by atoms with Crippen molar-refractivity contribution < 1.29 is 19.2 Å². The van der Waals surface area contributed by atoms with Crippen LogP contribution in [0.2, 0.25) is 0 Å². The molecule has 0 atom stereocenters. The normalized spacial score (nSPS) is 24.4. The number of nitrogens with zero attached hydrogens (tertiary/aromatic N) is 4. The first kappa shape index (κ1) is 14.8. The molecule has 6 rings (SSSR count). The van der Waals surface area contributed by atoms with Gasteiger partial charge in [0.2, 0.25) is 0 Å². The van der Waals surface area contributed by atoms with Gasteiger partial charge in [0.25, 0.3) is 0 Å². The summed E-state index contributed by atoms with van der Waals surface area (Å²) in [5.74, 6) is -1.81. The van der Waals surface area contributed by atoms with Crippen LogP contribution in [0.5, 0.6) is 0 Å². The molecule has 0 unspecified atom stereocenters. The van der Waals surface area contributed by atoms with Crippen LogP contribution in [0, 0.1) is 0 Å². The lowest BCUT2D eigenvalue weighted by Gasteiger charge is -2.37. The maximum atomic E-state index is 12.0. The van der Waals surface area contributed by atoms with Gasteiger partial charge in [0.05, 0.1) is 0 Å². The molecule has 6 aliphatic rings. The van der Waals surface area contributed by atoms with Crippen molar-refractivity contribution in [2.45, 2.75) is 12.8 Å². The highest BCUT2D eigenvalue weighted by Crippen LogP contribution is 2.11. The first-order valence-electron chi connectivity index (χ1n) is 7.74. The summed E-state index contributed by atoms with van der Waals surface area (Å²) in [5.41, 5.74) is 0. The molecule has 6 fully saturated rings. The molecule has 0 N–H and O–H groups in total. The summed E-state index contributed by atoms with van der Waals surface area (Å²) in [7, 11) is 0. The van der Waals surface area contributed by atoms with E-state index in [1.165, 1.54) is 0 Å². The standard InChI is InChI=1S/C14H20N4O4/c19-11-13(21)17-5-2-6-18-10-8-16(12(20)14(18)22)4-1-3-15(11)7-9-17/h1-10H2. The van der Waals surface area contributed by atoms with E-state index < -0.39 is 23.6 Å². The van der Waals surface area contributed by atoms with E-state index in [9.17, 15) is 19.2 Å². The van der Waals surface area contributed by atoms with Gasteiger partial charge in [-0.3, -0.25) is 19.2 Å². The zero-order valence-electron chi connectivity index (χ0n) is 12.5. The van der Waals surface area contributed by atoms with Gasteiger partial charge in [-0.25, -0.2) is 0 Å². The van der Waals surface area contributed by atoms with Crippen molar-refractivity contribution in [1.82, 2.24) is 19.6 Å². The highest BCUT2D eigenvalue weighted by atomic mass is 16.2. The van der Waals surface area contributed by atoms with Crippen LogP contribution in [-0.2, 0) is 19.2 Å². The Balaban J connectivity index is 1.75. The third-order valence-corrected chi connectivity index (χ3v) is 4.51. The highest BCUT2D eigenvalue weighted by Gasteiger charge is 2.35. The fourth-order valence-corrected chi connectivity index (χ4v) is 3.19. The lowest BCUT2D eigenvalue weighted by Crippen LogP contribution is -2.57. The Kier molecular flexibility index (Phi) is 4.00. The maximum Gasteiger partial charge on any atom is 0.312 e. The molecule has 120 valence electrons. The molecule has 8 nitrogen and oxygen atoms in total. The zero-order chi connectivity index (χ0) is 15.7. The van der Waals surface area contributed by atoms with E-state index in [0.29, 0.717) is 65.2 Å². The van der Waals surface area contributed by atoms with E-state index in [0.717, 1.165) is 0 Å². The number of carbonyl (C=O) groups is 4. The third-order valence-electron chi connectivity index (χ3n) is 4.51. The van der Waals surface area contributed by atoms with E-state index >= 15 is 0 Å². The maximum absolute atomic E-state index is 12.0. The second kappa shape index (κ2) is 5.94. The first-order chi connectivity index (χ1) is 10.6. The van der Waals surface area contributed by atoms with Crippen LogP contribution in [0.25, 0.3) is 0 Å². The summed E-state index contributed by atoms with van der Waals surface area (Å²) in [6.07, 6.45) is 1.16. The Morgan fingerprint density at radius 3 is 0.864 bits per heavy atom. The molecule has 0 spiro atoms. The molecule has 0 radical (unpaired) electrons. The predicted octanol–water partition coefficient (Wildman–Crippen LogP) is -1.88. The number of carbonyl (C=O) groups excluding carboxylic acids is 4. The van der Waals surface area contributed by atoms with Crippen LogP contribution in [-0.4, -0.2) is 95.6 Å². The highest BCUT2D eigenvalue weighted by molar-refractivity contribution is 6.36. The number of rotatable bonds is 0. The Labute approximate surface area is 128 Å². The Morgan fingerprint density at radius 2 is 0.636 bits per heavy atom. The van der Waals surface area contributed by atoms with Crippen LogP contribution in [0.4, 0.5) is 0 Å². The van der Waals surface area contributed by atoms with Gasteiger partial charge in [-0.2, -0.15) is 0 Å². The first-order valence-corrected chi connectivity index (χ1v) is 7.74. The largest absolute Gasteiger partial charge is 0.333 e. The molecule has 4 amide bonds. The average Bonchev–Trinajstić information content (AvgIpc) is 2.51. The third kappa shape index (κ3) is 2.65. The molecule has 8 heteroatoms. The lowest BCUT2D eigenvalue weighted by atomic mass is 10.2. The van der Waals surface area contributed by atoms with Crippen molar-refractivity contribution in [3.05, 3.63) is 0 Å². The predicted molar refractivity (Wildman–Crippen MR) is 75.6 cm³/mol. The minimum absolute atomic E-state index is 0.445. The van der Waals surface area contributed by atoms with Crippen molar-refractivity contribution in [2.75, 3.05) is 52.4 Å². The van der Waals surface area contributed by atoms with Crippen LogP contribution < -0.4 is 0 Å². The monoisotopic (exact) mass is 308 g/mol. The number of piperazine rings is 2. The van der Waals surface area contributed by atoms with Crippen LogP contribution in [0.1, 0.15) is 12.8 Å². The van der Waals surface area contributed by atoms with Gasteiger partial charge in [-0.15, -0.1) is 0 Å². The van der Waals surface area contributed by atoms with Gasteiger partial charge < -0.3 is 19.6 Å². The number of hydrogen-bond donors (Lipinski definition) is 0. The molecule has 6 aliphatic heterocycles. The van der Waals surface area contributed by atoms with Crippen molar-refractivity contribution in [1.29, 1.82) is 0 Å². The fraction of sp³-hybridized carbons (Fsp3) is 0.714. The second-order valence-corrected chi connectivity index (χ2v) is 5.88. The number of hydrogen-bond acceptors (Lipinski definition) is 4. The molecule has 0 aliphatic carbocycles. The SMILES string of the molecule is O=C1C(=O)N2CCCN3CCN(CCCN1CC2)C(=O)C3=O. The quantitative estimate of drug-likeness (QED) is 0.491. The Bertz CT molecular complexity index is 431. The zero-order valence-corrected chi connectivity index (χ0v) is 12.5. The number of amides is 4. The van der Waals surface area contributed by atoms with Crippen LogP contribution >= 0.6 is 0 Å². The van der Waals surface area contributed by atoms with E-state index in [1.807, 2.05) is 0 Å². The van der Waals surface area contributed by atoms with Crippen LogP contribution in [0.3, 0.4) is 0 Å². The van der Waals surface area contributed by atoms with Gasteiger partial charge in [0.15, 0.2) is 0 Å². The molecular weight excluding hydrogens is 288 g/mol. The lowest BCUT2D eigenvalue weighted by molar-refractivity contribution is -0.158. The minimum Gasteiger partial charge on any atom is -0.333 e. The Morgan fingerprint density at radius 1 is 0.409 bits per heavy atom. The topological polar surface area (TPSA) is 81.2 Å². The second-order valence-electron chi connectivity index (χ2n) is 5.88. The molecular formula is C14H20N4O4. The summed E-state index contributed by atoms with van der Waals surface area (Å²) in [5, 5.41) is 0. The summed E-state index contributed by atoms with van der Waals surface area (Å²) in [6, 6.07) is 0. The minimum atomic E-state index is -0.453. The molecule has 0 aromatic rings. The molecule has 4 bridgehead atoms. The summed E-state index contributed by atoms with van der Waals surface area (Å²) in [4.78, 5) is 54.4. The van der Waals surface area contributed by atoms with E-state index in [2.05, 4.69) is 0 Å². The summed E-state index contributed by atoms with van der Waals surface area (Å²) >= 11 is 0. The van der Waals surface area contributed by atoms with Crippen LogP contribution in [0.15, 0.2) is 0 Å². The van der Waals surface area contributed by atoms with Gasteiger partial charge in [0.1, 0.15) is 0 Å². The molecule has 22 heavy (non-hydrogen) atoms. The van der Waals surface area contributed by atoms with Crippen molar-refractivity contribution in [2.24, 2.45) is 0 Å². The van der Waals surface area contributed by atoms with Crippen molar-refractivity contribution >= 4 is 23.6 Å².